The van der Waals surface area contributed by atoms with Gasteiger partial charge in [-0.05, 0) is 16.7 Å². The third kappa shape index (κ3) is 8.29. The van der Waals surface area contributed by atoms with Crippen molar-refractivity contribution in [2.45, 2.75) is 28.9 Å². The summed E-state index contributed by atoms with van der Waals surface area (Å²) in [6.45, 7) is -0.307. The Bertz CT molecular complexity index is 2180. The molecule has 288 valence electrons. The molecule has 1 aromatic heterocycles. The van der Waals surface area contributed by atoms with Crippen molar-refractivity contribution in [3.63, 3.8) is 0 Å². The highest BCUT2D eigenvalue weighted by atomic mass is 35.5. The fourth-order valence-corrected chi connectivity index (χ4v) is 7.25. The number of esters is 3. The first-order valence-electron chi connectivity index (χ1n) is 16.5. The highest BCUT2D eigenvalue weighted by Gasteiger charge is 2.55. The Balaban J connectivity index is 1.36. The first kappa shape index (κ1) is 39.6. The van der Waals surface area contributed by atoms with Crippen LogP contribution in [-0.4, -0.2) is 97.5 Å². The van der Waals surface area contributed by atoms with E-state index in [1.807, 2.05) is 12.1 Å². The standard InChI is InChI=1S/C37H30Cl2N6O10S/c1-52-34(48)25-28(35(49)53-2)44(43-41-25)18-23-19-56-33-26(40-31(46)24(20-12-6-3-7-13-20)42-55-37(51)30(38)39)32(47)45(33)27(23)36(50)54-29(21-14-8-4-9-15-21)22-16-10-5-11-17-22/h3-17,26,29-30,33H,18-19H2,1-2H3,(H,40,46)/b42-24+/t26-,33-/m1/s1. The summed E-state index contributed by atoms with van der Waals surface area (Å²) in [5.74, 6) is -5.44. The van der Waals surface area contributed by atoms with Crippen molar-refractivity contribution in [2.24, 2.45) is 5.16 Å². The molecule has 2 aliphatic rings. The van der Waals surface area contributed by atoms with Crippen LogP contribution in [0.1, 0.15) is 43.8 Å². The normalized spacial score (nSPS) is 16.5. The minimum atomic E-state index is -1.57. The number of β-lactam (4-membered cyclic amide) rings is 1. The monoisotopic (exact) mass is 820 g/mol. The minimum Gasteiger partial charge on any atom is -0.464 e. The number of nitrogens with one attached hydrogen (secondary N) is 1. The average molecular weight is 822 g/mol. The molecule has 1 fully saturated rings. The number of halogens is 2. The predicted molar refractivity (Wildman–Crippen MR) is 200 cm³/mol. The molecule has 1 N–H and O–H groups in total. The van der Waals surface area contributed by atoms with Gasteiger partial charge in [0.15, 0.2) is 17.5 Å². The summed E-state index contributed by atoms with van der Waals surface area (Å²) in [4.78, 5) is 83.9. The second kappa shape index (κ2) is 17.6. The molecule has 3 heterocycles. The number of nitrogens with zero attached hydrogens (tertiary/aromatic N) is 5. The molecule has 6 rings (SSSR count). The van der Waals surface area contributed by atoms with Crippen LogP contribution in [0.5, 0.6) is 0 Å². The summed E-state index contributed by atoms with van der Waals surface area (Å²) in [7, 11) is 2.21. The van der Waals surface area contributed by atoms with Crippen molar-refractivity contribution in [3.8, 4) is 0 Å². The number of rotatable bonds is 13. The summed E-state index contributed by atoms with van der Waals surface area (Å²) in [6, 6.07) is 24.8. The number of thioether (sulfide) groups is 1. The van der Waals surface area contributed by atoms with E-state index in [1.54, 1.807) is 66.7 Å². The summed E-state index contributed by atoms with van der Waals surface area (Å²) >= 11 is 12.3. The van der Waals surface area contributed by atoms with Crippen LogP contribution in [0.3, 0.4) is 0 Å². The molecule has 0 spiro atoms. The number of alkyl halides is 2. The molecule has 0 bridgehead atoms. The van der Waals surface area contributed by atoms with Crippen molar-refractivity contribution in [3.05, 3.63) is 130 Å². The van der Waals surface area contributed by atoms with Gasteiger partial charge in [-0.3, -0.25) is 14.5 Å². The number of hydrogen-bond acceptors (Lipinski definition) is 14. The highest BCUT2D eigenvalue weighted by Crippen LogP contribution is 2.42. The SMILES string of the molecule is COC(=O)c1nnn(CC2=C(C(=O)OC(c3ccccc3)c3ccccc3)N3C(=O)[C@@H](NC(=O)/C(=N/OC(=O)C(Cl)Cl)c4ccccc4)[C@H]3SC2)c1C(=O)OC. The van der Waals surface area contributed by atoms with Crippen LogP contribution in [0.4, 0.5) is 0 Å². The Morgan fingerprint density at radius 2 is 1.46 bits per heavy atom. The van der Waals surface area contributed by atoms with E-state index in [-0.39, 0.29) is 40.5 Å². The van der Waals surface area contributed by atoms with E-state index in [2.05, 4.69) is 20.8 Å². The lowest BCUT2D eigenvalue weighted by Crippen LogP contribution is -2.71. The number of methoxy groups -OCH3 is 2. The van der Waals surface area contributed by atoms with Gasteiger partial charge in [0.25, 0.3) is 11.8 Å². The van der Waals surface area contributed by atoms with E-state index in [1.165, 1.54) is 28.8 Å². The molecule has 0 saturated carbocycles. The van der Waals surface area contributed by atoms with Crippen LogP contribution in [0.15, 0.2) is 107 Å². The molecule has 2 atom stereocenters. The molecule has 56 heavy (non-hydrogen) atoms. The lowest BCUT2D eigenvalue weighted by atomic mass is 10.00. The van der Waals surface area contributed by atoms with Crippen LogP contribution in [-0.2, 0) is 44.8 Å². The quantitative estimate of drug-likeness (QED) is 0.0391. The third-order valence-corrected chi connectivity index (χ3v) is 10.2. The Kier molecular flexibility index (Phi) is 12.5. The lowest BCUT2D eigenvalue weighted by Gasteiger charge is -2.49. The fourth-order valence-electron chi connectivity index (χ4n) is 5.84. The zero-order chi connectivity index (χ0) is 39.9. The van der Waals surface area contributed by atoms with E-state index < -0.39 is 63.7 Å². The maximum absolute atomic E-state index is 14.5. The maximum atomic E-state index is 14.5. The number of benzene rings is 3. The summed E-state index contributed by atoms with van der Waals surface area (Å²) < 4.78 is 16.9. The molecule has 1 saturated heterocycles. The van der Waals surface area contributed by atoms with Gasteiger partial charge in [-0.15, -0.1) is 16.9 Å². The van der Waals surface area contributed by atoms with E-state index in [0.717, 1.165) is 18.9 Å². The van der Waals surface area contributed by atoms with Gasteiger partial charge in [0.05, 0.1) is 20.8 Å². The van der Waals surface area contributed by atoms with Crippen LogP contribution in [0.25, 0.3) is 0 Å². The zero-order valence-corrected chi connectivity index (χ0v) is 31.7. The number of carbonyl (C=O) groups is 6. The summed E-state index contributed by atoms with van der Waals surface area (Å²) in [6.07, 6.45) is -0.908. The zero-order valence-electron chi connectivity index (χ0n) is 29.4. The van der Waals surface area contributed by atoms with Crippen LogP contribution >= 0.6 is 35.0 Å². The third-order valence-electron chi connectivity index (χ3n) is 8.46. The molecule has 2 amide bonds. The van der Waals surface area contributed by atoms with Gasteiger partial charge in [-0.1, -0.05) is 125 Å². The van der Waals surface area contributed by atoms with Gasteiger partial charge in [0.1, 0.15) is 17.1 Å². The topological polar surface area (TPSA) is 198 Å². The van der Waals surface area contributed by atoms with Gasteiger partial charge in [-0.25, -0.2) is 23.9 Å². The number of oxime groups is 1. The summed E-state index contributed by atoms with van der Waals surface area (Å²) in [5, 5.41) is 13.3. The molecular weight excluding hydrogens is 791 g/mol. The average Bonchev–Trinajstić information content (AvgIpc) is 3.65. The first-order valence-corrected chi connectivity index (χ1v) is 18.5. The Hall–Kier alpha value is -6.04. The number of amides is 2. The molecule has 3 aromatic carbocycles. The number of ether oxygens (including phenoxy) is 3. The second-order valence-electron chi connectivity index (χ2n) is 11.9. The highest BCUT2D eigenvalue weighted by molar-refractivity contribution is 8.00. The Labute approximate surface area is 332 Å². The van der Waals surface area contributed by atoms with Crippen molar-refractivity contribution >= 4 is 76.4 Å². The second-order valence-corrected chi connectivity index (χ2v) is 14.1. The van der Waals surface area contributed by atoms with Crippen LogP contribution in [0.2, 0.25) is 0 Å². The summed E-state index contributed by atoms with van der Waals surface area (Å²) in [5.41, 5.74) is 0.517. The minimum absolute atomic E-state index is 0.0602. The lowest BCUT2D eigenvalue weighted by molar-refractivity contribution is -0.154. The smallest absolute Gasteiger partial charge is 0.367 e. The van der Waals surface area contributed by atoms with E-state index in [0.29, 0.717) is 11.1 Å². The molecule has 0 aliphatic carbocycles. The van der Waals surface area contributed by atoms with Gasteiger partial charge in [-0.2, -0.15) is 0 Å². The van der Waals surface area contributed by atoms with Crippen LogP contribution < -0.4 is 5.32 Å². The van der Waals surface area contributed by atoms with Crippen molar-refractivity contribution in [1.29, 1.82) is 0 Å². The molecule has 2 aliphatic heterocycles. The van der Waals surface area contributed by atoms with Gasteiger partial charge in [0.2, 0.25) is 10.5 Å². The number of fused-ring (bicyclic) bond motifs is 1. The van der Waals surface area contributed by atoms with Gasteiger partial charge >= 0.3 is 23.9 Å². The number of aromatic nitrogens is 3. The van der Waals surface area contributed by atoms with Gasteiger partial charge in [0, 0.05) is 11.3 Å². The van der Waals surface area contributed by atoms with Crippen molar-refractivity contribution in [1.82, 2.24) is 25.2 Å². The number of carbonyl (C=O) groups excluding carboxylic acids is 6. The number of hydrogen-bond donors (Lipinski definition) is 1. The van der Waals surface area contributed by atoms with Crippen molar-refractivity contribution in [2.75, 3.05) is 20.0 Å². The van der Waals surface area contributed by atoms with E-state index >= 15 is 0 Å². The van der Waals surface area contributed by atoms with E-state index in [9.17, 15) is 28.8 Å². The first-order chi connectivity index (χ1) is 27.0. The Morgan fingerprint density at radius 1 is 0.875 bits per heavy atom. The molecule has 4 aromatic rings. The largest absolute Gasteiger partial charge is 0.464 e. The molecule has 16 nitrogen and oxygen atoms in total. The molecule has 0 unspecified atom stereocenters. The predicted octanol–water partition coefficient (Wildman–Crippen LogP) is 3.59. The van der Waals surface area contributed by atoms with Crippen LogP contribution in [0, 0.1) is 0 Å². The molecular formula is C37H30Cl2N6O10S. The molecule has 0 radical (unpaired) electrons. The fraction of sp³-hybridized carbons (Fsp3) is 0.216. The van der Waals surface area contributed by atoms with Crippen molar-refractivity contribution < 1.29 is 47.8 Å². The Morgan fingerprint density at radius 3 is 2.04 bits per heavy atom. The maximum Gasteiger partial charge on any atom is 0.367 e. The molecule has 19 heteroatoms. The van der Waals surface area contributed by atoms with Gasteiger partial charge < -0.3 is 24.4 Å². The van der Waals surface area contributed by atoms with E-state index in [4.69, 9.17) is 42.3 Å².